The summed E-state index contributed by atoms with van der Waals surface area (Å²) in [5.74, 6) is 1.38. The minimum Gasteiger partial charge on any atom is -0.440 e. The molecule has 1 amide bonds. The van der Waals surface area contributed by atoms with Crippen molar-refractivity contribution in [1.29, 1.82) is 0 Å². The third-order valence-electron chi connectivity index (χ3n) is 5.06. The van der Waals surface area contributed by atoms with Gasteiger partial charge in [-0.25, -0.2) is 4.98 Å². The fourth-order valence-corrected chi connectivity index (χ4v) is 3.67. The molecule has 0 N–H and O–H groups in total. The first-order chi connectivity index (χ1) is 12.2. The minimum atomic E-state index is 0.291. The van der Waals surface area contributed by atoms with Crippen LogP contribution in [0.1, 0.15) is 70.1 Å². The van der Waals surface area contributed by atoms with Gasteiger partial charge in [-0.05, 0) is 37.5 Å². The SMILES string of the molecule is CCCCCCCC(=O)N1CCC(c2nc3cc(Cl)ccc3o2)CC1. The number of nitrogens with zero attached hydrogens (tertiary/aromatic N) is 2. The molecular formula is C20H27ClN2O2. The van der Waals surface area contributed by atoms with Crippen molar-refractivity contribution < 1.29 is 9.21 Å². The Hall–Kier alpha value is -1.55. The van der Waals surface area contributed by atoms with Gasteiger partial charge in [0.05, 0.1) is 0 Å². The van der Waals surface area contributed by atoms with E-state index in [1.54, 1.807) is 0 Å². The summed E-state index contributed by atoms with van der Waals surface area (Å²) in [6.07, 6.45) is 8.47. The van der Waals surface area contributed by atoms with Crippen molar-refractivity contribution in [2.75, 3.05) is 13.1 Å². The van der Waals surface area contributed by atoms with Crippen molar-refractivity contribution in [3.05, 3.63) is 29.1 Å². The molecule has 1 aliphatic heterocycles. The van der Waals surface area contributed by atoms with E-state index in [0.29, 0.717) is 23.3 Å². The maximum Gasteiger partial charge on any atom is 0.222 e. The molecule has 0 spiro atoms. The van der Waals surface area contributed by atoms with Gasteiger partial charge in [-0.2, -0.15) is 0 Å². The lowest BCUT2D eigenvalue weighted by atomic mass is 9.96. The Labute approximate surface area is 154 Å². The van der Waals surface area contributed by atoms with Crippen LogP contribution in [0.4, 0.5) is 0 Å². The van der Waals surface area contributed by atoms with Gasteiger partial charge < -0.3 is 9.32 Å². The lowest BCUT2D eigenvalue weighted by Crippen LogP contribution is -2.37. The van der Waals surface area contributed by atoms with Gasteiger partial charge in [0.1, 0.15) is 5.52 Å². The zero-order chi connectivity index (χ0) is 17.6. The maximum atomic E-state index is 12.3. The maximum absolute atomic E-state index is 12.3. The molecule has 1 fully saturated rings. The molecule has 0 radical (unpaired) electrons. The predicted molar refractivity (Wildman–Crippen MR) is 101 cm³/mol. The van der Waals surface area contributed by atoms with E-state index in [2.05, 4.69) is 11.9 Å². The molecule has 1 aromatic carbocycles. The van der Waals surface area contributed by atoms with Crippen molar-refractivity contribution in [1.82, 2.24) is 9.88 Å². The number of carbonyl (C=O) groups excluding carboxylic acids is 1. The van der Waals surface area contributed by atoms with E-state index in [4.69, 9.17) is 16.0 Å². The molecule has 0 aliphatic carbocycles. The average molecular weight is 363 g/mol. The van der Waals surface area contributed by atoms with Crippen molar-refractivity contribution in [3.63, 3.8) is 0 Å². The van der Waals surface area contributed by atoms with Crippen molar-refractivity contribution in [2.24, 2.45) is 0 Å². The summed E-state index contributed by atoms with van der Waals surface area (Å²) >= 11 is 6.01. The zero-order valence-electron chi connectivity index (χ0n) is 15.0. The van der Waals surface area contributed by atoms with Crippen LogP contribution in [0.15, 0.2) is 22.6 Å². The lowest BCUT2D eigenvalue weighted by molar-refractivity contribution is -0.132. The van der Waals surface area contributed by atoms with E-state index < -0.39 is 0 Å². The Kier molecular flexibility index (Phi) is 6.35. The molecule has 1 aromatic heterocycles. The number of fused-ring (bicyclic) bond motifs is 1. The summed E-state index contributed by atoms with van der Waals surface area (Å²) in [5.41, 5.74) is 1.60. The summed E-state index contributed by atoms with van der Waals surface area (Å²) in [6.45, 7) is 3.82. The first kappa shape index (κ1) is 18.2. The number of aromatic nitrogens is 1. The molecule has 1 saturated heterocycles. The average Bonchev–Trinajstić information content (AvgIpc) is 3.04. The molecule has 3 rings (SSSR count). The number of rotatable bonds is 7. The first-order valence-corrected chi connectivity index (χ1v) is 9.89. The fourth-order valence-electron chi connectivity index (χ4n) is 3.51. The van der Waals surface area contributed by atoms with Crippen LogP contribution in [0, 0.1) is 0 Å². The van der Waals surface area contributed by atoms with Crippen LogP contribution in [0.3, 0.4) is 0 Å². The third-order valence-corrected chi connectivity index (χ3v) is 5.29. The second-order valence-electron chi connectivity index (χ2n) is 6.98. The number of unbranched alkanes of at least 4 members (excludes halogenated alkanes) is 4. The smallest absolute Gasteiger partial charge is 0.222 e. The summed E-state index contributed by atoms with van der Waals surface area (Å²) in [4.78, 5) is 18.9. The van der Waals surface area contributed by atoms with Crippen LogP contribution in [-0.4, -0.2) is 28.9 Å². The minimum absolute atomic E-state index is 0.291. The summed E-state index contributed by atoms with van der Waals surface area (Å²) in [7, 11) is 0. The molecule has 136 valence electrons. The Morgan fingerprint density at radius 3 is 2.76 bits per heavy atom. The number of benzene rings is 1. The van der Waals surface area contributed by atoms with E-state index >= 15 is 0 Å². The molecule has 2 aromatic rings. The largest absolute Gasteiger partial charge is 0.440 e. The Morgan fingerprint density at radius 2 is 2.00 bits per heavy atom. The highest BCUT2D eigenvalue weighted by molar-refractivity contribution is 6.31. The summed E-state index contributed by atoms with van der Waals surface area (Å²) in [5, 5.41) is 0.673. The van der Waals surface area contributed by atoms with Gasteiger partial charge in [0.15, 0.2) is 11.5 Å². The van der Waals surface area contributed by atoms with E-state index in [0.717, 1.165) is 49.3 Å². The topological polar surface area (TPSA) is 46.3 Å². The lowest BCUT2D eigenvalue weighted by Gasteiger charge is -2.30. The highest BCUT2D eigenvalue weighted by Crippen LogP contribution is 2.31. The number of carbonyl (C=O) groups is 1. The number of likely N-dealkylation sites (tertiary alicyclic amines) is 1. The number of halogens is 1. The second kappa shape index (κ2) is 8.70. The van der Waals surface area contributed by atoms with Gasteiger partial charge >= 0.3 is 0 Å². The van der Waals surface area contributed by atoms with E-state index in [1.165, 1.54) is 25.7 Å². The normalized spacial score (nSPS) is 15.8. The van der Waals surface area contributed by atoms with Crippen molar-refractivity contribution in [3.8, 4) is 0 Å². The second-order valence-corrected chi connectivity index (χ2v) is 7.42. The number of piperidine rings is 1. The van der Waals surface area contributed by atoms with Crippen LogP contribution >= 0.6 is 11.6 Å². The fraction of sp³-hybridized carbons (Fsp3) is 0.600. The highest BCUT2D eigenvalue weighted by atomic mass is 35.5. The molecule has 25 heavy (non-hydrogen) atoms. The molecule has 0 bridgehead atoms. The van der Waals surface area contributed by atoms with Gasteiger partial charge in [-0.3, -0.25) is 4.79 Å². The Morgan fingerprint density at radius 1 is 1.24 bits per heavy atom. The molecular weight excluding hydrogens is 336 g/mol. The van der Waals surface area contributed by atoms with E-state index in [-0.39, 0.29) is 0 Å². The van der Waals surface area contributed by atoms with Crippen LogP contribution < -0.4 is 0 Å². The summed E-state index contributed by atoms with van der Waals surface area (Å²) in [6, 6.07) is 5.52. The number of hydrogen-bond acceptors (Lipinski definition) is 3. The van der Waals surface area contributed by atoms with Gasteiger partial charge in [0.25, 0.3) is 0 Å². The van der Waals surface area contributed by atoms with Crippen LogP contribution in [0.25, 0.3) is 11.1 Å². The Bertz CT molecular complexity index is 705. The predicted octanol–water partition coefficient (Wildman–Crippen LogP) is 5.55. The molecule has 0 unspecified atom stereocenters. The van der Waals surface area contributed by atoms with Crippen LogP contribution in [0.2, 0.25) is 5.02 Å². The Balaban J connectivity index is 1.48. The standard InChI is InChI=1S/C20H27ClN2O2/c1-2-3-4-5-6-7-19(24)23-12-10-15(11-13-23)20-22-17-14-16(21)8-9-18(17)25-20/h8-9,14-15H,2-7,10-13H2,1H3. The van der Waals surface area contributed by atoms with Gasteiger partial charge in [0, 0.05) is 30.5 Å². The number of amides is 1. The van der Waals surface area contributed by atoms with E-state index in [1.807, 2.05) is 23.1 Å². The van der Waals surface area contributed by atoms with Crippen LogP contribution in [-0.2, 0) is 4.79 Å². The molecule has 0 atom stereocenters. The third kappa shape index (κ3) is 4.75. The summed E-state index contributed by atoms with van der Waals surface area (Å²) < 4.78 is 5.89. The molecule has 0 saturated carbocycles. The van der Waals surface area contributed by atoms with Gasteiger partial charge in [0.2, 0.25) is 5.91 Å². The van der Waals surface area contributed by atoms with Gasteiger partial charge in [-0.15, -0.1) is 0 Å². The van der Waals surface area contributed by atoms with E-state index in [9.17, 15) is 4.79 Å². The first-order valence-electron chi connectivity index (χ1n) is 9.51. The quantitative estimate of drug-likeness (QED) is 0.607. The van der Waals surface area contributed by atoms with Crippen molar-refractivity contribution in [2.45, 2.75) is 64.2 Å². The van der Waals surface area contributed by atoms with Crippen LogP contribution in [0.5, 0.6) is 0 Å². The molecule has 2 heterocycles. The van der Waals surface area contributed by atoms with Gasteiger partial charge in [-0.1, -0.05) is 44.2 Å². The molecule has 4 nitrogen and oxygen atoms in total. The molecule has 5 heteroatoms. The van der Waals surface area contributed by atoms with Crippen molar-refractivity contribution >= 4 is 28.6 Å². The highest BCUT2D eigenvalue weighted by Gasteiger charge is 2.26. The number of oxazole rings is 1. The number of hydrogen-bond donors (Lipinski definition) is 0. The molecule has 1 aliphatic rings. The zero-order valence-corrected chi connectivity index (χ0v) is 15.7. The monoisotopic (exact) mass is 362 g/mol.